The monoisotopic (exact) mass is 530 g/mol. The van der Waals surface area contributed by atoms with Gasteiger partial charge in [0.2, 0.25) is 0 Å². The van der Waals surface area contributed by atoms with E-state index in [-0.39, 0.29) is 17.9 Å². The fourth-order valence-corrected chi connectivity index (χ4v) is 5.44. The molecular formula is C31H28Cl2N2O2. The number of benzene rings is 3. The largest absolute Gasteiger partial charge is 0.497 e. The number of carbonyl (C=O) groups is 1. The van der Waals surface area contributed by atoms with Crippen molar-refractivity contribution < 1.29 is 9.53 Å². The molecule has 1 amide bonds. The summed E-state index contributed by atoms with van der Waals surface area (Å²) in [7, 11) is 1.63. The van der Waals surface area contributed by atoms with E-state index in [0.717, 1.165) is 41.0 Å². The van der Waals surface area contributed by atoms with Gasteiger partial charge in [-0.1, -0.05) is 66.5 Å². The second-order valence-corrected chi connectivity index (χ2v) is 10.5. The molecule has 0 N–H and O–H groups in total. The molecule has 0 radical (unpaired) electrons. The highest BCUT2D eigenvalue weighted by molar-refractivity contribution is 6.30. The van der Waals surface area contributed by atoms with Gasteiger partial charge in [-0.05, 0) is 89.6 Å². The van der Waals surface area contributed by atoms with Gasteiger partial charge < -0.3 is 4.74 Å². The predicted molar refractivity (Wildman–Crippen MR) is 152 cm³/mol. The van der Waals surface area contributed by atoms with E-state index in [9.17, 15) is 4.79 Å². The van der Waals surface area contributed by atoms with Gasteiger partial charge in [-0.3, -0.25) is 4.79 Å². The number of ether oxygens (including phenoxy) is 1. The molecule has 3 aromatic rings. The van der Waals surface area contributed by atoms with Crippen LogP contribution in [-0.2, 0) is 4.79 Å². The third kappa shape index (κ3) is 5.66. The maximum absolute atomic E-state index is 13.6. The minimum Gasteiger partial charge on any atom is -0.497 e. The van der Waals surface area contributed by atoms with E-state index >= 15 is 0 Å². The molecular weight excluding hydrogens is 503 g/mol. The second-order valence-electron chi connectivity index (χ2n) is 9.64. The lowest BCUT2D eigenvalue weighted by Gasteiger charge is -2.32. The lowest BCUT2D eigenvalue weighted by Crippen LogP contribution is -2.32. The van der Waals surface area contributed by atoms with Gasteiger partial charge in [0.1, 0.15) is 5.75 Å². The molecule has 5 rings (SSSR count). The molecule has 1 aliphatic carbocycles. The summed E-state index contributed by atoms with van der Waals surface area (Å²) in [5, 5.41) is 7.99. The van der Waals surface area contributed by atoms with Crippen molar-refractivity contribution in [2.24, 2.45) is 16.9 Å². The molecule has 0 saturated heterocycles. The van der Waals surface area contributed by atoms with Crippen LogP contribution in [0.4, 0.5) is 0 Å². The van der Waals surface area contributed by atoms with Crippen LogP contribution >= 0.6 is 23.2 Å². The lowest BCUT2D eigenvalue weighted by molar-refractivity contribution is -0.128. The van der Waals surface area contributed by atoms with E-state index in [1.165, 1.54) is 5.57 Å². The van der Waals surface area contributed by atoms with Gasteiger partial charge in [-0.25, -0.2) is 5.01 Å². The van der Waals surface area contributed by atoms with Crippen molar-refractivity contribution in [3.63, 3.8) is 0 Å². The molecule has 0 aromatic heterocycles. The third-order valence-electron chi connectivity index (χ3n) is 6.95. The summed E-state index contributed by atoms with van der Waals surface area (Å²) in [5.41, 5.74) is 5.17. The molecule has 2 aliphatic rings. The first-order valence-corrected chi connectivity index (χ1v) is 13.1. The van der Waals surface area contributed by atoms with Crippen LogP contribution in [0.2, 0.25) is 10.0 Å². The molecule has 1 aliphatic heterocycles. The van der Waals surface area contributed by atoms with E-state index in [1.54, 1.807) is 18.2 Å². The zero-order chi connectivity index (χ0) is 25.9. The van der Waals surface area contributed by atoms with Crippen molar-refractivity contribution in [1.29, 1.82) is 0 Å². The van der Waals surface area contributed by atoms with Crippen LogP contribution < -0.4 is 4.74 Å². The van der Waals surface area contributed by atoms with Gasteiger partial charge in [0.15, 0.2) is 0 Å². The SMILES string of the molecule is COc1ccc(/C=C\C(=O)N2N=C3/C(=C\c4ccc(Cl)cc4)C[C@H](C)C[C@H]3[C@@H]2c2ccc(Cl)cc2)cc1. The van der Waals surface area contributed by atoms with E-state index < -0.39 is 0 Å². The number of fused-ring (bicyclic) bond motifs is 1. The Balaban J connectivity index is 1.51. The molecule has 1 saturated carbocycles. The molecule has 6 heteroatoms. The summed E-state index contributed by atoms with van der Waals surface area (Å²) < 4.78 is 5.23. The first-order valence-electron chi connectivity index (χ1n) is 12.4. The van der Waals surface area contributed by atoms with Crippen molar-refractivity contribution in [3.05, 3.63) is 111 Å². The molecule has 188 valence electrons. The van der Waals surface area contributed by atoms with Gasteiger partial charge in [-0.2, -0.15) is 5.10 Å². The van der Waals surface area contributed by atoms with E-state index in [2.05, 4.69) is 13.0 Å². The normalized spacial score (nSPS) is 22.3. The highest BCUT2D eigenvalue weighted by Gasteiger charge is 2.44. The molecule has 0 bridgehead atoms. The number of nitrogens with zero attached hydrogens (tertiary/aromatic N) is 2. The number of hydrogen-bond acceptors (Lipinski definition) is 3. The standard InChI is InChI=1S/C31H28Cl2N2O2/c1-20-17-24(19-22-3-10-25(32)11-4-22)30-28(18-20)31(23-8-12-26(33)13-9-23)35(34-30)29(36)16-7-21-5-14-27(37-2)15-6-21/h3-16,19-20,28,31H,17-18H2,1-2H3/b16-7-,24-19-/t20-,28+,31-/m0/s1. The summed E-state index contributed by atoms with van der Waals surface area (Å²) in [5.74, 6) is 1.18. The average molecular weight is 531 g/mol. The average Bonchev–Trinajstić information content (AvgIpc) is 3.29. The molecule has 0 spiro atoms. The fraction of sp³-hybridized carbons (Fsp3) is 0.226. The molecule has 3 atom stereocenters. The Morgan fingerprint density at radius 2 is 1.57 bits per heavy atom. The van der Waals surface area contributed by atoms with E-state index in [1.807, 2.05) is 78.9 Å². The third-order valence-corrected chi connectivity index (χ3v) is 7.45. The number of hydrazone groups is 1. The summed E-state index contributed by atoms with van der Waals surface area (Å²) in [6.07, 6.45) is 7.46. The second kappa shape index (κ2) is 11.0. The first-order chi connectivity index (χ1) is 17.9. The van der Waals surface area contributed by atoms with Crippen LogP contribution in [0.3, 0.4) is 0 Å². The van der Waals surface area contributed by atoms with E-state index in [4.69, 9.17) is 33.0 Å². The number of rotatable bonds is 5. The summed E-state index contributed by atoms with van der Waals surface area (Å²) in [6, 6.07) is 23.0. The number of halogens is 2. The van der Waals surface area contributed by atoms with Crippen LogP contribution in [-0.4, -0.2) is 23.7 Å². The van der Waals surface area contributed by atoms with Crippen LogP contribution in [0.1, 0.15) is 42.5 Å². The molecule has 1 heterocycles. The molecule has 0 unspecified atom stereocenters. The Bertz CT molecular complexity index is 1360. The molecule has 4 nitrogen and oxygen atoms in total. The molecule has 37 heavy (non-hydrogen) atoms. The maximum Gasteiger partial charge on any atom is 0.267 e. The Hall–Kier alpha value is -3.34. The molecule has 1 fully saturated rings. The lowest BCUT2D eigenvalue weighted by atomic mass is 9.73. The van der Waals surface area contributed by atoms with Crippen LogP contribution in [0.15, 0.2) is 89.5 Å². The smallest absolute Gasteiger partial charge is 0.267 e. The van der Waals surface area contributed by atoms with Crippen molar-refractivity contribution in [2.75, 3.05) is 7.11 Å². The van der Waals surface area contributed by atoms with Gasteiger partial charge in [0.05, 0.1) is 18.9 Å². The Kier molecular flexibility index (Phi) is 7.50. The maximum atomic E-state index is 13.6. The van der Waals surface area contributed by atoms with Crippen molar-refractivity contribution in [3.8, 4) is 5.75 Å². The topological polar surface area (TPSA) is 41.9 Å². The number of hydrogen-bond donors (Lipinski definition) is 0. The Morgan fingerprint density at radius 3 is 2.22 bits per heavy atom. The minimum atomic E-state index is -0.198. The predicted octanol–water partition coefficient (Wildman–Crippen LogP) is 8.08. The van der Waals surface area contributed by atoms with E-state index in [0.29, 0.717) is 16.0 Å². The summed E-state index contributed by atoms with van der Waals surface area (Å²) in [6.45, 7) is 2.26. The van der Waals surface area contributed by atoms with Gasteiger partial charge in [0, 0.05) is 22.0 Å². The van der Waals surface area contributed by atoms with Crippen molar-refractivity contribution >= 4 is 47.0 Å². The quantitative estimate of drug-likeness (QED) is 0.312. The van der Waals surface area contributed by atoms with Crippen molar-refractivity contribution in [2.45, 2.75) is 25.8 Å². The van der Waals surface area contributed by atoms with Crippen molar-refractivity contribution in [1.82, 2.24) is 5.01 Å². The highest BCUT2D eigenvalue weighted by atomic mass is 35.5. The number of amides is 1. The Labute approximate surface area is 227 Å². The van der Waals surface area contributed by atoms with Gasteiger partial charge >= 0.3 is 0 Å². The number of carbonyl (C=O) groups excluding carboxylic acids is 1. The summed E-state index contributed by atoms with van der Waals surface area (Å²) in [4.78, 5) is 13.6. The fourth-order valence-electron chi connectivity index (χ4n) is 5.18. The summed E-state index contributed by atoms with van der Waals surface area (Å²) >= 11 is 12.3. The molecule has 3 aromatic carbocycles. The Morgan fingerprint density at radius 1 is 0.946 bits per heavy atom. The first kappa shape index (κ1) is 25.3. The zero-order valence-corrected chi connectivity index (χ0v) is 22.3. The van der Waals surface area contributed by atoms with Crippen LogP contribution in [0.25, 0.3) is 12.2 Å². The highest BCUT2D eigenvalue weighted by Crippen LogP contribution is 2.46. The number of methoxy groups -OCH3 is 1. The minimum absolute atomic E-state index is 0.0989. The number of allylic oxidation sites excluding steroid dienone is 1. The van der Waals surface area contributed by atoms with Gasteiger partial charge in [-0.15, -0.1) is 0 Å². The zero-order valence-electron chi connectivity index (χ0n) is 20.8. The van der Waals surface area contributed by atoms with Crippen LogP contribution in [0, 0.1) is 11.8 Å². The van der Waals surface area contributed by atoms with Gasteiger partial charge in [0.25, 0.3) is 5.91 Å². The van der Waals surface area contributed by atoms with Crippen LogP contribution in [0.5, 0.6) is 5.75 Å².